The summed E-state index contributed by atoms with van der Waals surface area (Å²) in [6, 6.07) is 0. The van der Waals surface area contributed by atoms with Crippen molar-refractivity contribution in [1.82, 2.24) is 34.1 Å². The van der Waals surface area contributed by atoms with Gasteiger partial charge in [-0.3, -0.25) is 4.57 Å². The number of hydrogen-bond acceptors (Lipinski definition) is 6. The second-order valence-electron chi connectivity index (χ2n) is 3.58. The predicted molar refractivity (Wildman–Crippen MR) is 69.3 cm³/mol. The number of hydrogen-bond donors (Lipinski definition) is 0. The lowest BCUT2D eigenvalue weighted by Gasteiger charge is -2.04. The van der Waals surface area contributed by atoms with E-state index in [0.717, 1.165) is 5.16 Å². The first-order valence-corrected chi connectivity index (χ1v) is 6.47. The van der Waals surface area contributed by atoms with Crippen LogP contribution in [0.15, 0.2) is 41.4 Å². The molecule has 0 N–H and O–H groups in total. The van der Waals surface area contributed by atoms with Gasteiger partial charge in [0, 0.05) is 31.8 Å². The summed E-state index contributed by atoms with van der Waals surface area (Å²) in [7, 11) is 1.90. The first-order valence-electron chi connectivity index (χ1n) is 5.27. The molecule has 3 aromatic rings. The van der Waals surface area contributed by atoms with Crippen LogP contribution >= 0.6 is 23.4 Å². The van der Waals surface area contributed by atoms with E-state index in [9.17, 15) is 0 Å². The van der Waals surface area contributed by atoms with Gasteiger partial charge in [-0.25, -0.2) is 9.97 Å². The van der Waals surface area contributed by atoms with Gasteiger partial charge in [-0.05, 0) is 23.4 Å². The van der Waals surface area contributed by atoms with Gasteiger partial charge in [-0.15, -0.1) is 0 Å². The van der Waals surface area contributed by atoms with Gasteiger partial charge in [0.2, 0.25) is 16.4 Å². The molecular formula is C10H8ClN7S. The second-order valence-corrected chi connectivity index (χ2v) is 4.85. The van der Waals surface area contributed by atoms with Crippen molar-refractivity contribution in [2.45, 2.75) is 10.3 Å². The van der Waals surface area contributed by atoms with E-state index in [1.165, 1.54) is 11.8 Å². The standard InChI is InChI=1S/C10H8ClN7S/c1-17-4-3-13-10(17)19-9-15-7(11)14-8(16-9)18-5-2-12-6-18/h2-6H,1H3. The Bertz CT molecular complexity index is 694. The van der Waals surface area contributed by atoms with Crippen LogP contribution in [-0.2, 0) is 7.05 Å². The van der Waals surface area contributed by atoms with E-state index < -0.39 is 0 Å². The lowest BCUT2D eigenvalue weighted by molar-refractivity contribution is 0.777. The Morgan fingerprint density at radius 3 is 2.74 bits per heavy atom. The summed E-state index contributed by atoms with van der Waals surface area (Å²) in [4.78, 5) is 20.6. The van der Waals surface area contributed by atoms with E-state index in [1.54, 1.807) is 29.5 Å². The molecule has 0 saturated heterocycles. The Kier molecular flexibility index (Phi) is 3.18. The van der Waals surface area contributed by atoms with Gasteiger partial charge in [-0.1, -0.05) is 0 Å². The molecule has 19 heavy (non-hydrogen) atoms. The molecule has 3 heterocycles. The Labute approximate surface area is 117 Å². The Balaban J connectivity index is 1.96. The van der Waals surface area contributed by atoms with E-state index in [0.29, 0.717) is 11.1 Å². The maximum absolute atomic E-state index is 5.91. The van der Waals surface area contributed by atoms with Crippen LogP contribution in [0, 0.1) is 0 Å². The minimum Gasteiger partial charge on any atom is -0.329 e. The quantitative estimate of drug-likeness (QED) is 0.730. The van der Waals surface area contributed by atoms with Gasteiger partial charge in [0.1, 0.15) is 6.33 Å². The lowest BCUT2D eigenvalue weighted by atomic mass is 10.8. The number of aryl methyl sites for hydroxylation is 1. The zero-order valence-corrected chi connectivity index (χ0v) is 11.4. The molecule has 0 aliphatic carbocycles. The molecule has 0 saturated carbocycles. The molecule has 0 aliphatic rings. The van der Waals surface area contributed by atoms with E-state index in [-0.39, 0.29) is 5.28 Å². The summed E-state index contributed by atoms with van der Waals surface area (Å²) < 4.78 is 3.54. The fourth-order valence-electron chi connectivity index (χ4n) is 1.39. The SMILES string of the molecule is Cn1ccnc1Sc1nc(Cl)nc(-n2ccnc2)n1. The maximum atomic E-state index is 5.91. The summed E-state index contributed by atoms with van der Waals surface area (Å²) in [5.74, 6) is 0.425. The van der Waals surface area contributed by atoms with Crippen LogP contribution in [0.2, 0.25) is 5.28 Å². The Morgan fingerprint density at radius 1 is 1.16 bits per heavy atom. The Morgan fingerprint density at radius 2 is 2.05 bits per heavy atom. The molecule has 0 aromatic carbocycles. The second kappa shape index (κ2) is 4.98. The zero-order valence-electron chi connectivity index (χ0n) is 9.80. The van der Waals surface area contributed by atoms with Gasteiger partial charge in [-0.2, -0.15) is 15.0 Å². The monoisotopic (exact) mass is 293 g/mol. The third-order valence-electron chi connectivity index (χ3n) is 2.27. The summed E-state index contributed by atoms with van der Waals surface area (Å²) >= 11 is 7.23. The van der Waals surface area contributed by atoms with Gasteiger partial charge in [0.05, 0.1) is 0 Å². The molecule has 0 radical (unpaired) electrons. The van der Waals surface area contributed by atoms with E-state index in [4.69, 9.17) is 11.6 Å². The van der Waals surface area contributed by atoms with Gasteiger partial charge in [0.15, 0.2) is 5.16 Å². The maximum Gasteiger partial charge on any atom is 0.240 e. The molecule has 0 spiro atoms. The molecule has 0 amide bonds. The van der Waals surface area contributed by atoms with E-state index in [1.807, 2.05) is 17.8 Å². The van der Waals surface area contributed by atoms with Crippen LogP contribution in [0.1, 0.15) is 0 Å². The number of halogens is 1. The van der Waals surface area contributed by atoms with Gasteiger partial charge < -0.3 is 4.57 Å². The highest BCUT2D eigenvalue weighted by atomic mass is 35.5. The molecule has 0 aliphatic heterocycles. The van der Waals surface area contributed by atoms with Crippen molar-refractivity contribution in [3.63, 3.8) is 0 Å². The van der Waals surface area contributed by atoms with E-state index in [2.05, 4.69) is 24.9 Å². The molecule has 3 aromatic heterocycles. The van der Waals surface area contributed by atoms with Crippen molar-refractivity contribution in [2.24, 2.45) is 7.05 Å². The van der Waals surface area contributed by atoms with Crippen LogP contribution in [0.3, 0.4) is 0 Å². The molecule has 3 rings (SSSR count). The predicted octanol–water partition coefficient (Wildman–Crippen LogP) is 1.60. The number of imidazole rings is 2. The first kappa shape index (κ1) is 12.1. The fourth-order valence-corrected chi connectivity index (χ4v) is 2.34. The fraction of sp³-hybridized carbons (Fsp3) is 0.100. The minimum absolute atomic E-state index is 0.135. The van der Waals surface area contributed by atoms with Crippen molar-refractivity contribution in [1.29, 1.82) is 0 Å². The van der Waals surface area contributed by atoms with Crippen molar-refractivity contribution in [3.05, 3.63) is 36.4 Å². The Hall–Kier alpha value is -1.93. The highest BCUT2D eigenvalue weighted by Crippen LogP contribution is 2.23. The van der Waals surface area contributed by atoms with Crippen molar-refractivity contribution >= 4 is 23.4 Å². The summed E-state index contributed by atoms with van der Waals surface area (Å²) in [6.45, 7) is 0. The normalized spacial score (nSPS) is 10.8. The van der Waals surface area contributed by atoms with Crippen LogP contribution in [0.5, 0.6) is 0 Å². The molecule has 0 bridgehead atoms. The average molecular weight is 294 g/mol. The largest absolute Gasteiger partial charge is 0.329 e. The summed E-state index contributed by atoms with van der Waals surface area (Å²) in [5, 5.41) is 1.40. The first-order chi connectivity index (χ1) is 9.22. The third kappa shape index (κ3) is 2.59. The number of aromatic nitrogens is 7. The summed E-state index contributed by atoms with van der Waals surface area (Å²) in [6.07, 6.45) is 8.54. The molecule has 0 unspecified atom stereocenters. The van der Waals surface area contributed by atoms with Crippen molar-refractivity contribution in [2.75, 3.05) is 0 Å². The van der Waals surface area contributed by atoms with Crippen LogP contribution in [0.4, 0.5) is 0 Å². The zero-order chi connectivity index (χ0) is 13.2. The highest BCUT2D eigenvalue weighted by molar-refractivity contribution is 7.99. The highest BCUT2D eigenvalue weighted by Gasteiger charge is 2.10. The van der Waals surface area contributed by atoms with Crippen molar-refractivity contribution < 1.29 is 0 Å². The van der Waals surface area contributed by atoms with Crippen molar-refractivity contribution in [3.8, 4) is 5.95 Å². The molecule has 0 atom stereocenters. The smallest absolute Gasteiger partial charge is 0.240 e. The molecule has 9 heteroatoms. The third-order valence-corrected chi connectivity index (χ3v) is 3.38. The minimum atomic E-state index is 0.135. The topological polar surface area (TPSA) is 74.3 Å². The average Bonchev–Trinajstić information content (AvgIpc) is 3.01. The van der Waals surface area contributed by atoms with E-state index >= 15 is 0 Å². The van der Waals surface area contributed by atoms with Crippen LogP contribution in [0.25, 0.3) is 5.95 Å². The van der Waals surface area contributed by atoms with Gasteiger partial charge >= 0.3 is 0 Å². The van der Waals surface area contributed by atoms with Gasteiger partial charge in [0.25, 0.3) is 0 Å². The number of nitrogens with zero attached hydrogens (tertiary/aromatic N) is 7. The molecule has 96 valence electrons. The lowest BCUT2D eigenvalue weighted by Crippen LogP contribution is -2.02. The molecular weight excluding hydrogens is 286 g/mol. The molecule has 7 nitrogen and oxygen atoms in total. The number of rotatable bonds is 3. The van der Waals surface area contributed by atoms with Crippen LogP contribution in [-0.4, -0.2) is 34.1 Å². The molecule has 0 fully saturated rings. The van der Waals surface area contributed by atoms with Crippen LogP contribution < -0.4 is 0 Å². The summed E-state index contributed by atoms with van der Waals surface area (Å²) in [5.41, 5.74) is 0.